The van der Waals surface area contributed by atoms with Gasteiger partial charge in [0.1, 0.15) is 12.0 Å². The van der Waals surface area contributed by atoms with Gasteiger partial charge in [0, 0.05) is 44.6 Å². The standard InChI is InChI=1S/C19H28N2O5/c1-24-9-8-21-14-19(6-4-18(21)23)5-3-7-20(13-19)11-15-10-16(22)17(25-2)12-26-15/h10,12H,3-9,11,13-14H2,1-2H3. The van der Waals surface area contributed by atoms with Crippen LogP contribution in [0.4, 0.5) is 0 Å². The van der Waals surface area contributed by atoms with Gasteiger partial charge >= 0.3 is 0 Å². The molecular formula is C19H28N2O5. The summed E-state index contributed by atoms with van der Waals surface area (Å²) in [5.41, 5.74) is -0.0263. The van der Waals surface area contributed by atoms with Crippen molar-refractivity contribution in [3.63, 3.8) is 0 Å². The predicted octanol–water partition coefficient (Wildman–Crippen LogP) is 1.50. The first-order valence-corrected chi connectivity index (χ1v) is 9.20. The summed E-state index contributed by atoms with van der Waals surface area (Å²) >= 11 is 0. The van der Waals surface area contributed by atoms with Crippen LogP contribution in [0.5, 0.6) is 5.75 Å². The van der Waals surface area contributed by atoms with Gasteiger partial charge in [-0.1, -0.05) is 0 Å². The van der Waals surface area contributed by atoms with E-state index < -0.39 is 0 Å². The number of carbonyl (C=O) groups is 1. The highest BCUT2D eigenvalue weighted by molar-refractivity contribution is 5.77. The van der Waals surface area contributed by atoms with Gasteiger partial charge in [-0.05, 0) is 25.8 Å². The van der Waals surface area contributed by atoms with Crippen molar-refractivity contribution in [2.24, 2.45) is 5.41 Å². The summed E-state index contributed by atoms with van der Waals surface area (Å²) in [6.45, 7) is 4.52. The van der Waals surface area contributed by atoms with E-state index in [1.807, 2.05) is 4.90 Å². The Morgan fingerprint density at radius 3 is 2.81 bits per heavy atom. The molecule has 2 aliphatic rings. The molecule has 0 radical (unpaired) electrons. The molecule has 3 rings (SSSR count). The summed E-state index contributed by atoms with van der Waals surface area (Å²) in [5.74, 6) is 1.10. The molecule has 7 heteroatoms. The van der Waals surface area contributed by atoms with Gasteiger partial charge in [-0.15, -0.1) is 0 Å². The minimum atomic E-state index is -0.158. The predicted molar refractivity (Wildman–Crippen MR) is 96.2 cm³/mol. The number of carbonyl (C=O) groups excluding carboxylic acids is 1. The Hall–Kier alpha value is -1.86. The molecule has 1 aromatic rings. The van der Waals surface area contributed by atoms with Gasteiger partial charge in [0.05, 0.1) is 20.3 Å². The second-order valence-electron chi connectivity index (χ2n) is 7.40. The van der Waals surface area contributed by atoms with E-state index in [1.165, 1.54) is 19.4 Å². The Morgan fingerprint density at radius 2 is 2.08 bits per heavy atom. The number of ether oxygens (including phenoxy) is 2. The highest BCUT2D eigenvalue weighted by Gasteiger charge is 2.41. The van der Waals surface area contributed by atoms with Crippen LogP contribution in [-0.2, 0) is 16.1 Å². The molecule has 26 heavy (non-hydrogen) atoms. The summed E-state index contributed by atoms with van der Waals surface area (Å²) < 4.78 is 15.7. The van der Waals surface area contributed by atoms with Crippen LogP contribution in [0.1, 0.15) is 31.4 Å². The SMILES string of the molecule is COCCN1CC2(CCCN(Cc3cc(=O)c(OC)co3)C2)CCC1=O. The number of methoxy groups -OCH3 is 2. The van der Waals surface area contributed by atoms with Crippen molar-refractivity contribution in [1.82, 2.24) is 9.80 Å². The molecule has 1 amide bonds. The molecule has 0 aliphatic carbocycles. The molecule has 2 aliphatic heterocycles. The van der Waals surface area contributed by atoms with Crippen LogP contribution in [0.3, 0.4) is 0 Å². The third-order valence-corrected chi connectivity index (χ3v) is 5.51. The van der Waals surface area contributed by atoms with Crippen molar-refractivity contribution in [2.75, 3.05) is 47.0 Å². The van der Waals surface area contributed by atoms with Crippen molar-refractivity contribution >= 4 is 5.91 Å². The Balaban J connectivity index is 1.65. The van der Waals surface area contributed by atoms with Crippen molar-refractivity contribution in [1.29, 1.82) is 0 Å². The molecule has 2 fully saturated rings. The maximum Gasteiger partial charge on any atom is 0.227 e. The fourth-order valence-electron chi connectivity index (χ4n) is 4.18. The van der Waals surface area contributed by atoms with E-state index >= 15 is 0 Å². The second kappa shape index (κ2) is 8.22. The average Bonchev–Trinajstić information content (AvgIpc) is 2.63. The number of likely N-dealkylation sites (tertiary alicyclic amines) is 2. The molecule has 7 nitrogen and oxygen atoms in total. The molecule has 2 saturated heterocycles. The van der Waals surface area contributed by atoms with Gasteiger partial charge < -0.3 is 18.8 Å². The van der Waals surface area contributed by atoms with Crippen LogP contribution in [0, 0.1) is 5.41 Å². The highest BCUT2D eigenvalue weighted by Crippen LogP contribution is 2.39. The van der Waals surface area contributed by atoms with E-state index in [0.717, 1.165) is 38.9 Å². The van der Waals surface area contributed by atoms with Crippen molar-refractivity contribution in [3.8, 4) is 5.75 Å². The van der Waals surface area contributed by atoms with Crippen LogP contribution < -0.4 is 10.2 Å². The number of piperidine rings is 2. The van der Waals surface area contributed by atoms with Gasteiger partial charge in [0.2, 0.25) is 17.1 Å². The van der Waals surface area contributed by atoms with Gasteiger partial charge in [0.15, 0.2) is 0 Å². The number of hydrogen-bond acceptors (Lipinski definition) is 6. The first-order valence-electron chi connectivity index (χ1n) is 9.20. The summed E-state index contributed by atoms with van der Waals surface area (Å²) in [4.78, 5) is 28.4. The Morgan fingerprint density at radius 1 is 1.23 bits per heavy atom. The number of rotatable bonds is 6. The first kappa shape index (κ1) is 18.9. The lowest BCUT2D eigenvalue weighted by atomic mass is 9.73. The van der Waals surface area contributed by atoms with Gasteiger partial charge in [0.25, 0.3) is 0 Å². The van der Waals surface area contributed by atoms with E-state index in [2.05, 4.69) is 4.90 Å². The zero-order valence-electron chi connectivity index (χ0n) is 15.7. The van der Waals surface area contributed by atoms with E-state index in [9.17, 15) is 9.59 Å². The van der Waals surface area contributed by atoms with E-state index in [-0.39, 0.29) is 22.5 Å². The van der Waals surface area contributed by atoms with Gasteiger partial charge in [-0.25, -0.2) is 0 Å². The Kier molecular flexibility index (Phi) is 5.98. The molecule has 144 valence electrons. The third-order valence-electron chi connectivity index (χ3n) is 5.51. The van der Waals surface area contributed by atoms with Crippen LogP contribution in [-0.4, -0.2) is 62.7 Å². The molecule has 0 bridgehead atoms. The van der Waals surface area contributed by atoms with Gasteiger partial charge in [-0.2, -0.15) is 0 Å². The van der Waals surface area contributed by atoms with Crippen molar-refractivity contribution in [2.45, 2.75) is 32.2 Å². The minimum absolute atomic E-state index is 0.132. The maximum atomic E-state index is 12.2. The normalized spacial score (nSPS) is 24.2. The van der Waals surface area contributed by atoms with E-state index in [0.29, 0.717) is 31.9 Å². The van der Waals surface area contributed by atoms with Crippen molar-refractivity contribution < 1.29 is 18.7 Å². The van der Waals surface area contributed by atoms with Crippen LogP contribution in [0.25, 0.3) is 0 Å². The number of nitrogens with zero attached hydrogens (tertiary/aromatic N) is 2. The largest absolute Gasteiger partial charge is 0.490 e. The smallest absolute Gasteiger partial charge is 0.227 e. The monoisotopic (exact) mass is 364 g/mol. The summed E-state index contributed by atoms with van der Waals surface area (Å²) in [5, 5.41) is 0. The molecule has 1 atom stereocenters. The zero-order valence-corrected chi connectivity index (χ0v) is 15.7. The topological polar surface area (TPSA) is 72.2 Å². The Labute approximate surface area is 153 Å². The lowest BCUT2D eigenvalue weighted by molar-refractivity contribution is -0.140. The molecule has 1 unspecified atom stereocenters. The summed E-state index contributed by atoms with van der Waals surface area (Å²) in [6.07, 6.45) is 5.14. The zero-order chi connectivity index (χ0) is 18.6. The lowest BCUT2D eigenvalue weighted by Gasteiger charge is -2.48. The highest BCUT2D eigenvalue weighted by atomic mass is 16.5. The van der Waals surface area contributed by atoms with Crippen LogP contribution in [0.15, 0.2) is 21.5 Å². The molecular weight excluding hydrogens is 336 g/mol. The number of hydrogen-bond donors (Lipinski definition) is 0. The minimum Gasteiger partial charge on any atom is -0.490 e. The quantitative estimate of drug-likeness (QED) is 0.762. The van der Waals surface area contributed by atoms with E-state index in [1.54, 1.807) is 7.11 Å². The number of amides is 1. The Bertz CT molecular complexity index is 689. The fourth-order valence-corrected chi connectivity index (χ4v) is 4.18. The second-order valence-corrected chi connectivity index (χ2v) is 7.40. The molecule has 0 N–H and O–H groups in total. The molecule has 3 heterocycles. The maximum absolute atomic E-state index is 12.2. The molecule has 1 spiro atoms. The van der Waals surface area contributed by atoms with Gasteiger partial charge in [-0.3, -0.25) is 14.5 Å². The van der Waals surface area contributed by atoms with E-state index in [4.69, 9.17) is 13.9 Å². The lowest BCUT2D eigenvalue weighted by Crippen LogP contribution is -2.54. The first-order chi connectivity index (χ1) is 12.5. The van der Waals surface area contributed by atoms with Crippen molar-refractivity contribution in [3.05, 3.63) is 28.3 Å². The molecule has 0 aromatic carbocycles. The van der Waals surface area contributed by atoms with Crippen LogP contribution >= 0.6 is 0 Å². The third kappa shape index (κ3) is 4.27. The molecule has 1 aromatic heterocycles. The fraction of sp³-hybridized carbons (Fsp3) is 0.684. The molecule has 0 saturated carbocycles. The summed E-state index contributed by atoms with van der Waals surface area (Å²) in [7, 11) is 3.12. The summed E-state index contributed by atoms with van der Waals surface area (Å²) in [6, 6.07) is 1.51. The average molecular weight is 364 g/mol. The van der Waals surface area contributed by atoms with Crippen LogP contribution in [0.2, 0.25) is 0 Å².